The number of fused-ring (bicyclic) bond motifs is 2. The molecule has 0 saturated heterocycles. The molecule has 4 nitrogen and oxygen atoms in total. The van der Waals surface area contributed by atoms with E-state index in [9.17, 15) is 5.11 Å². The van der Waals surface area contributed by atoms with Crippen LogP contribution in [0.5, 0.6) is 11.5 Å². The Balaban J connectivity index is 1.92. The topological polar surface area (TPSA) is 54.2 Å². The number of phenols is 1. The van der Waals surface area contributed by atoms with Gasteiger partial charge in [0, 0.05) is 16.7 Å². The second-order valence-corrected chi connectivity index (χ2v) is 7.61. The minimum absolute atomic E-state index is 0.151. The molecule has 2 bridgehead atoms. The number of methoxy groups -OCH3 is 1. The third kappa shape index (κ3) is 2.35. The molecule has 0 spiro atoms. The highest BCUT2D eigenvalue weighted by atomic mass is 16.5. The first kappa shape index (κ1) is 16.0. The summed E-state index contributed by atoms with van der Waals surface area (Å²) in [5, 5.41) is 19.1. The van der Waals surface area contributed by atoms with Crippen LogP contribution >= 0.6 is 0 Å². The lowest BCUT2D eigenvalue weighted by Crippen LogP contribution is -2.32. The van der Waals surface area contributed by atoms with Crippen LogP contribution in [-0.2, 0) is 0 Å². The summed E-state index contributed by atoms with van der Waals surface area (Å²) in [5.41, 5.74) is 3.03. The van der Waals surface area contributed by atoms with E-state index in [2.05, 4.69) is 31.0 Å². The fraction of sp³-hybridized carbons (Fsp3) is 0.579. The predicted octanol–water partition coefficient (Wildman–Crippen LogP) is 4.41. The van der Waals surface area contributed by atoms with E-state index in [4.69, 9.17) is 4.74 Å². The number of phenolic OH excluding ortho intramolecular Hbond substituents is 1. The summed E-state index contributed by atoms with van der Waals surface area (Å²) in [4.78, 5) is 0. The predicted molar refractivity (Wildman–Crippen MR) is 93.5 cm³/mol. The number of nitrogens with zero attached hydrogens (tertiary/aromatic N) is 2. The fourth-order valence-corrected chi connectivity index (χ4v) is 4.20. The van der Waals surface area contributed by atoms with E-state index in [1.54, 1.807) is 25.3 Å². The standard InChI is InChI=1S/C19H26N2O2/c1-12(15-11-14(23-5)6-7-16(15)22)20-21-17-10-13-8-9-19(17,4)18(13,2)3/h6-7,11,13,22H,8-10H2,1-5H3. The highest BCUT2D eigenvalue weighted by molar-refractivity contribution is 6.02. The second kappa shape index (κ2) is 5.36. The Bertz CT molecular complexity index is 691. The maximum Gasteiger partial charge on any atom is 0.124 e. The van der Waals surface area contributed by atoms with Crippen LogP contribution in [0.3, 0.4) is 0 Å². The molecule has 2 aliphatic carbocycles. The Morgan fingerprint density at radius 3 is 2.61 bits per heavy atom. The molecular weight excluding hydrogens is 288 g/mol. The molecule has 0 heterocycles. The third-order valence-electron chi connectivity index (χ3n) is 6.43. The molecule has 23 heavy (non-hydrogen) atoms. The molecule has 0 aliphatic heterocycles. The second-order valence-electron chi connectivity index (χ2n) is 7.61. The number of ether oxygens (including phenoxy) is 1. The Labute approximate surface area is 138 Å². The van der Waals surface area contributed by atoms with E-state index in [1.165, 1.54) is 18.6 Å². The molecule has 4 heteroatoms. The minimum atomic E-state index is 0.151. The first-order valence-corrected chi connectivity index (χ1v) is 8.28. The molecule has 2 aliphatic rings. The average molecular weight is 314 g/mol. The number of rotatable bonds is 3. The first-order chi connectivity index (χ1) is 10.8. The number of aromatic hydroxyl groups is 1. The normalized spacial score (nSPS) is 30.9. The van der Waals surface area contributed by atoms with Crippen molar-refractivity contribution >= 4 is 11.4 Å². The highest BCUT2D eigenvalue weighted by Crippen LogP contribution is 2.64. The van der Waals surface area contributed by atoms with Gasteiger partial charge in [-0.25, -0.2) is 0 Å². The smallest absolute Gasteiger partial charge is 0.124 e. The maximum absolute atomic E-state index is 10.0. The van der Waals surface area contributed by atoms with Crippen LogP contribution in [0.15, 0.2) is 28.4 Å². The van der Waals surface area contributed by atoms with Crippen molar-refractivity contribution in [2.75, 3.05) is 7.11 Å². The van der Waals surface area contributed by atoms with Gasteiger partial charge in [-0.2, -0.15) is 10.2 Å². The molecular formula is C19H26N2O2. The lowest BCUT2D eigenvalue weighted by Gasteiger charge is -2.34. The monoisotopic (exact) mass is 314 g/mol. The van der Waals surface area contributed by atoms with Crippen molar-refractivity contribution in [3.8, 4) is 11.5 Å². The van der Waals surface area contributed by atoms with E-state index in [0.29, 0.717) is 28.4 Å². The van der Waals surface area contributed by atoms with Gasteiger partial charge in [-0.1, -0.05) is 20.8 Å². The van der Waals surface area contributed by atoms with Gasteiger partial charge in [0.05, 0.1) is 12.8 Å². The molecule has 3 rings (SSSR count). The summed E-state index contributed by atoms with van der Waals surface area (Å²) in [5.74, 6) is 1.62. The van der Waals surface area contributed by atoms with Gasteiger partial charge in [0.15, 0.2) is 0 Å². The third-order valence-corrected chi connectivity index (χ3v) is 6.43. The molecule has 0 radical (unpaired) electrons. The summed E-state index contributed by atoms with van der Waals surface area (Å²) < 4.78 is 5.22. The van der Waals surface area contributed by atoms with Crippen molar-refractivity contribution in [2.24, 2.45) is 27.0 Å². The molecule has 1 N–H and O–H groups in total. The van der Waals surface area contributed by atoms with Gasteiger partial charge in [-0.05, 0) is 55.7 Å². The maximum atomic E-state index is 10.0. The molecule has 1 aromatic rings. The molecule has 2 saturated carbocycles. The van der Waals surface area contributed by atoms with E-state index < -0.39 is 0 Å². The van der Waals surface area contributed by atoms with Crippen molar-refractivity contribution in [2.45, 2.75) is 47.0 Å². The van der Waals surface area contributed by atoms with Crippen LogP contribution in [-0.4, -0.2) is 23.6 Å². The quantitative estimate of drug-likeness (QED) is 0.663. The van der Waals surface area contributed by atoms with Gasteiger partial charge < -0.3 is 9.84 Å². The van der Waals surface area contributed by atoms with Gasteiger partial charge >= 0.3 is 0 Å². The van der Waals surface area contributed by atoms with Gasteiger partial charge in [-0.15, -0.1) is 0 Å². The Morgan fingerprint density at radius 2 is 2.04 bits per heavy atom. The van der Waals surface area contributed by atoms with Crippen LogP contribution in [0.4, 0.5) is 0 Å². The molecule has 1 aromatic carbocycles. The zero-order chi connectivity index (χ0) is 16.8. The molecule has 0 amide bonds. The van der Waals surface area contributed by atoms with Gasteiger partial charge in [0.25, 0.3) is 0 Å². The number of hydrogen-bond acceptors (Lipinski definition) is 4. The fourth-order valence-electron chi connectivity index (χ4n) is 4.20. The summed E-state index contributed by atoms with van der Waals surface area (Å²) in [6.07, 6.45) is 3.54. The van der Waals surface area contributed by atoms with Gasteiger partial charge in [0.1, 0.15) is 11.5 Å². The van der Waals surface area contributed by atoms with E-state index >= 15 is 0 Å². The average Bonchev–Trinajstić information content (AvgIpc) is 2.86. The zero-order valence-electron chi connectivity index (χ0n) is 14.7. The zero-order valence-corrected chi connectivity index (χ0v) is 14.7. The summed E-state index contributed by atoms with van der Waals surface area (Å²) >= 11 is 0. The largest absolute Gasteiger partial charge is 0.507 e. The van der Waals surface area contributed by atoms with Crippen LogP contribution in [0.2, 0.25) is 0 Å². The number of hydrogen-bond donors (Lipinski definition) is 1. The SMILES string of the molecule is COc1ccc(O)c(C(C)=NN=C2CC3CCC2(C)C3(C)C)c1. The van der Waals surface area contributed by atoms with Crippen molar-refractivity contribution in [3.63, 3.8) is 0 Å². The summed E-state index contributed by atoms with van der Waals surface area (Å²) in [6, 6.07) is 5.15. The lowest BCUT2D eigenvalue weighted by atomic mass is 9.70. The van der Waals surface area contributed by atoms with Crippen molar-refractivity contribution < 1.29 is 9.84 Å². The van der Waals surface area contributed by atoms with Crippen LogP contribution in [0, 0.1) is 16.7 Å². The van der Waals surface area contributed by atoms with Gasteiger partial charge in [0.2, 0.25) is 0 Å². The van der Waals surface area contributed by atoms with Gasteiger partial charge in [-0.3, -0.25) is 0 Å². The van der Waals surface area contributed by atoms with Crippen molar-refractivity contribution in [1.29, 1.82) is 0 Å². The van der Waals surface area contributed by atoms with Crippen LogP contribution in [0.1, 0.15) is 52.5 Å². The van der Waals surface area contributed by atoms with E-state index in [-0.39, 0.29) is 11.2 Å². The molecule has 2 fully saturated rings. The molecule has 2 unspecified atom stereocenters. The molecule has 0 aromatic heterocycles. The van der Waals surface area contributed by atoms with Crippen molar-refractivity contribution in [1.82, 2.24) is 0 Å². The number of benzene rings is 1. The minimum Gasteiger partial charge on any atom is -0.507 e. The highest BCUT2D eigenvalue weighted by Gasteiger charge is 2.59. The van der Waals surface area contributed by atoms with E-state index in [0.717, 1.165) is 6.42 Å². The van der Waals surface area contributed by atoms with Crippen LogP contribution in [0.25, 0.3) is 0 Å². The Kier molecular flexibility index (Phi) is 3.74. The lowest BCUT2D eigenvalue weighted by molar-refractivity contribution is 0.194. The Morgan fingerprint density at radius 1 is 1.30 bits per heavy atom. The van der Waals surface area contributed by atoms with Crippen molar-refractivity contribution in [3.05, 3.63) is 23.8 Å². The van der Waals surface area contributed by atoms with E-state index in [1.807, 2.05) is 6.92 Å². The first-order valence-electron chi connectivity index (χ1n) is 8.28. The molecule has 2 atom stereocenters. The molecule has 124 valence electrons. The Hall–Kier alpha value is -1.84. The van der Waals surface area contributed by atoms with Crippen LogP contribution < -0.4 is 4.74 Å². The summed E-state index contributed by atoms with van der Waals surface area (Å²) in [7, 11) is 1.61. The summed E-state index contributed by atoms with van der Waals surface area (Å²) in [6.45, 7) is 8.92.